The molecule has 0 saturated heterocycles. The van der Waals surface area contributed by atoms with Gasteiger partial charge in [-0.3, -0.25) is 4.79 Å². The van der Waals surface area contributed by atoms with Crippen molar-refractivity contribution in [2.45, 2.75) is 0 Å². The summed E-state index contributed by atoms with van der Waals surface area (Å²) in [4.78, 5) is 10.7. The van der Waals surface area contributed by atoms with Gasteiger partial charge in [0.1, 0.15) is 6.07 Å². The fraction of sp³-hybridized carbons (Fsp3) is 0.143. The van der Waals surface area contributed by atoms with Crippen molar-refractivity contribution in [3.63, 3.8) is 0 Å². The van der Waals surface area contributed by atoms with Gasteiger partial charge in [0.15, 0.2) is 0 Å². The highest BCUT2D eigenvalue weighted by Gasteiger charge is 1.90. The van der Waals surface area contributed by atoms with Crippen LogP contribution in [0.5, 0.6) is 0 Å². The van der Waals surface area contributed by atoms with Crippen LogP contribution in [0.1, 0.15) is 5.56 Å². The molecule has 0 aliphatic heterocycles. The maximum Gasteiger partial charge on any atom is 0.250 e. The van der Waals surface area contributed by atoms with E-state index in [0.717, 1.165) is 0 Å². The van der Waals surface area contributed by atoms with Crippen LogP contribution in [0, 0.1) is 11.3 Å². The summed E-state index contributed by atoms with van der Waals surface area (Å²) in [7, 11) is 1.61. The van der Waals surface area contributed by atoms with Gasteiger partial charge in [-0.1, -0.05) is 0 Å². The Balaban J connectivity index is 3.34. The number of hydrogen-bond acceptors (Lipinski definition) is 2. The highest BCUT2D eigenvalue weighted by Crippen LogP contribution is 1.89. The summed E-state index contributed by atoms with van der Waals surface area (Å²) >= 11 is 0. The van der Waals surface area contributed by atoms with Crippen molar-refractivity contribution in [1.29, 1.82) is 5.26 Å². The van der Waals surface area contributed by atoms with Crippen molar-refractivity contribution in [3.8, 4) is 6.07 Å². The summed E-state index contributed by atoms with van der Waals surface area (Å²) in [6.07, 6.45) is 1.50. The Labute approximate surface area is 58.1 Å². The standard InChI is InChI=1S/C7H6N2O/c1-9-5-6(4-8)2-3-7(9)10/h2-3,5H,1H3. The van der Waals surface area contributed by atoms with Crippen molar-refractivity contribution in [1.82, 2.24) is 4.57 Å². The second-order valence-electron chi connectivity index (χ2n) is 1.98. The largest absolute Gasteiger partial charge is 0.317 e. The molecule has 0 bridgehead atoms. The molecule has 0 unspecified atom stereocenters. The molecular weight excluding hydrogens is 128 g/mol. The van der Waals surface area contributed by atoms with Crippen molar-refractivity contribution in [2.75, 3.05) is 0 Å². The molecule has 1 rings (SSSR count). The van der Waals surface area contributed by atoms with Gasteiger partial charge in [0, 0.05) is 19.3 Å². The molecule has 3 heteroatoms. The van der Waals surface area contributed by atoms with Gasteiger partial charge >= 0.3 is 0 Å². The zero-order chi connectivity index (χ0) is 7.56. The van der Waals surface area contributed by atoms with E-state index in [-0.39, 0.29) is 5.56 Å². The van der Waals surface area contributed by atoms with Crippen LogP contribution >= 0.6 is 0 Å². The average molecular weight is 134 g/mol. The lowest BCUT2D eigenvalue weighted by Gasteiger charge is -1.93. The van der Waals surface area contributed by atoms with Gasteiger partial charge in [0.05, 0.1) is 5.56 Å². The molecule has 0 spiro atoms. The number of pyridine rings is 1. The van der Waals surface area contributed by atoms with Crippen molar-refractivity contribution in [3.05, 3.63) is 34.2 Å². The number of aromatic nitrogens is 1. The van der Waals surface area contributed by atoms with Gasteiger partial charge in [-0.05, 0) is 6.07 Å². The Kier molecular flexibility index (Phi) is 1.55. The Morgan fingerprint density at radius 1 is 1.60 bits per heavy atom. The first-order chi connectivity index (χ1) is 4.74. The van der Waals surface area contributed by atoms with E-state index in [4.69, 9.17) is 5.26 Å². The molecular formula is C7H6N2O. The highest BCUT2D eigenvalue weighted by molar-refractivity contribution is 5.24. The molecule has 0 saturated carbocycles. The third-order valence-corrected chi connectivity index (χ3v) is 1.21. The minimum absolute atomic E-state index is 0.0981. The molecule has 50 valence electrons. The average Bonchev–Trinajstić information content (AvgIpc) is 1.95. The van der Waals surface area contributed by atoms with E-state index in [9.17, 15) is 4.79 Å². The molecule has 1 aromatic rings. The number of aryl methyl sites for hydroxylation is 1. The maximum atomic E-state index is 10.7. The first-order valence-corrected chi connectivity index (χ1v) is 2.81. The first kappa shape index (κ1) is 6.56. The van der Waals surface area contributed by atoms with E-state index in [1.807, 2.05) is 6.07 Å². The monoisotopic (exact) mass is 134 g/mol. The number of nitriles is 1. The van der Waals surface area contributed by atoms with Gasteiger partial charge < -0.3 is 4.57 Å². The fourth-order valence-electron chi connectivity index (χ4n) is 0.660. The Hall–Kier alpha value is -1.56. The van der Waals surface area contributed by atoms with Crippen LogP contribution in [-0.4, -0.2) is 4.57 Å². The van der Waals surface area contributed by atoms with Crippen LogP contribution in [-0.2, 0) is 7.05 Å². The van der Waals surface area contributed by atoms with Crippen molar-refractivity contribution < 1.29 is 0 Å². The molecule has 3 nitrogen and oxygen atoms in total. The van der Waals surface area contributed by atoms with Crippen molar-refractivity contribution >= 4 is 0 Å². The van der Waals surface area contributed by atoms with E-state index >= 15 is 0 Å². The molecule has 0 aliphatic rings. The molecule has 0 amide bonds. The van der Waals surface area contributed by atoms with E-state index in [1.54, 1.807) is 7.05 Å². The summed E-state index contributed by atoms with van der Waals surface area (Å²) in [5, 5.41) is 8.39. The second-order valence-corrected chi connectivity index (χ2v) is 1.98. The van der Waals surface area contributed by atoms with E-state index in [1.165, 1.54) is 22.9 Å². The Morgan fingerprint density at radius 2 is 2.30 bits per heavy atom. The molecule has 0 atom stereocenters. The third-order valence-electron chi connectivity index (χ3n) is 1.21. The number of nitrogens with zero attached hydrogens (tertiary/aromatic N) is 2. The van der Waals surface area contributed by atoms with Crippen LogP contribution < -0.4 is 5.56 Å². The SMILES string of the molecule is Cn1cc(C#N)ccc1=O. The highest BCUT2D eigenvalue weighted by atomic mass is 16.1. The summed E-state index contributed by atoms with van der Waals surface area (Å²) in [5.41, 5.74) is 0.404. The predicted molar refractivity (Wildman–Crippen MR) is 36.4 cm³/mol. The molecule has 1 heterocycles. The maximum absolute atomic E-state index is 10.7. The van der Waals surface area contributed by atoms with Gasteiger partial charge in [0.25, 0.3) is 0 Å². The molecule has 10 heavy (non-hydrogen) atoms. The number of hydrogen-bond donors (Lipinski definition) is 0. The van der Waals surface area contributed by atoms with Crippen LogP contribution in [0.25, 0.3) is 0 Å². The van der Waals surface area contributed by atoms with Crippen LogP contribution in [0.4, 0.5) is 0 Å². The molecule has 0 radical (unpaired) electrons. The van der Waals surface area contributed by atoms with Crippen LogP contribution in [0.3, 0.4) is 0 Å². The summed E-state index contributed by atoms with van der Waals surface area (Å²) in [6.45, 7) is 0. The van der Waals surface area contributed by atoms with Crippen LogP contribution in [0.15, 0.2) is 23.1 Å². The molecule has 0 fully saturated rings. The minimum Gasteiger partial charge on any atom is -0.317 e. The topological polar surface area (TPSA) is 45.8 Å². The Bertz CT molecular complexity index is 332. The smallest absolute Gasteiger partial charge is 0.250 e. The lowest BCUT2D eigenvalue weighted by Crippen LogP contribution is -2.14. The fourth-order valence-corrected chi connectivity index (χ4v) is 0.660. The van der Waals surface area contributed by atoms with E-state index in [2.05, 4.69) is 0 Å². The zero-order valence-corrected chi connectivity index (χ0v) is 5.53. The summed E-state index contributed by atoms with van der Waals surface area (Å²) < 4.78 is 1.37. The molecule has 0 aliphatic carbocycles. The summed E-state index contributed by atoms with van der Waals surface area (Å²) in [6, 6.07) is 4.81. The van der Waals surface area contributed by atoms with Crippen molar-refractivity contribution in [2.24, 2.45) is 7.05 Å². The van der Waals surface area contributed by atoms with E-state index in [0.29, 0.717) is 5.56 Å². The predicted octanol–water partition coefficient (Wildman–Crippen LogP) is 0.257. The van der Waals surface area contributed by atoms with Gasteiger partial charge in [0.2, 0.25) is 5.56 Å². The van der Waals surface area contributed by atoms with E-state index < -0.39 is 0 Å². The second kappa shape index (κ2) is 2.36. The quantitative estimate of drug-likeness (QED) is 0.510. The lowest BCUT2D eigenvalue weighted by atomic mass is 10.3. The van der Waals surface area contributed by atoms with Gasteiger partial charge in [-0.25, -0.2) is 0 Å². The summed E-state index contributed by atoms with van der Waals surface area (Å²) in [5.74, 6) is 0. The van der Waals surface area contributed by atoms with Crippen LogP contribution in [0.2, 0.25) is 0 Å². The lowest BCUT2D eigenvalue weighted by molar-refractivity contribution is 0.857. The van der Waals surface area contributed by atoms with Gasteiger partial charge in [-0.2, -0.15) is 5.26 Å². The molecule has 0 aromatic carbocycles. The zero-order valence-electron chi connectivity index (χ0n) is 5.53. The third kappa shape index (κ3) is 1.06. The molecule has 1 aromatic heterocycles. The number of rotatable bonds is 0. The molecule has 0 N–H and O–H groups in total. The first-order valence-electron chi connectivity index (χ1n) is 2.81. The normalized spacial score (nSPS) is 8.80. The van der Waals surface area contributed by atoms with Gasteiger partial charge in [-0.15, -0.1) is 0 Å². The Morgan fingerprint density at radius 3 is 2.80 bits per heavy atom. The minimum atomic E-state index is -0.0981.